The predicted octanol–water partition coefficient (Wildman–Crippen LogP) is 1.48. The van der Waals surface area contributed by atoms with Gasteiger partial charge in [0.25, 0.3) is 0 Å². The summed E-state index contributed by atoms with van der Waals surface area (Å²) in [6, 6.07) is 4.30. The molecule has 0 bridgehead atoms. The summed E-state index contributed by atoms with van der Waals surface area (Å²) < 4.78 is 35.1. The number of hydrogen-bond donors (Lipinski definition) is 1. The van der Waals surface area contributed by atoms with Crippen molar-refractivity contribution in [3.8, 4) is 0 Å². The van der Waals surface area contributed by atoms with Crippen molar-refractivity contribution in [1.82, 2.24) is 0 Å². The summed E-state index contributed by atoms with van der Waals surface area (Å²) in [5.41, 5.74) is 0.853. The summed E-state index contributed by atoms with van der Waals surface area (Å²) in [4.78, 5) is 0. The van der Waals surface area contributed by atoms with Crippen LogP contribution >= 0.6 is 0 Å². The molecular weight excluding hydrogens is 205 g/mol. The molecule has 78 valence electrons. The predicted molar refractivity (Wildman–Crippen MR) is 52.7 cm³/mol. The van der Waals surface area contributed by atoms with Crippen molar-refractivity contribution in [2.75, 3.05) is 0 Å². The van der Waals surface area contributed by atoms with Crippen molar-refractivity contribution in [2.45, 2.75) is 19.1 Å². The normalized spacial score (nSPS) is 14.0. The quantitative estimate of drug-likeness (QED) is 0.815. The maximum absolute atomic E-state index is 13.1. The molecule has 2 N–H and O–H groups in total. The Labute approximate surface area is 82.8 Å². The molecule has 0 saturated heterocycles. The van der Waals surface area contributed by atoms with Gasteiger partial charge in [0, 0.05) is 0 Å². The van der Waals surface area contributed by atoms with E-state index in [1.165, 1.54) is 19.1 Å². The van der Waals surface area contributed by atoms with E-state index < -0.39 is 21.1 Å². The molecule has 1 aromatic carbocycles. The number of hydrogen-bond acceptors (Lipinski definition) is 2. The molecule has 0 saturated carbocycles. The zero-order valence-electron chi connectivity index (χ0n) is 7.99. The van der Waals surface area contributed by atoms with E-state index in [1.54, 1.807) is 13.0 Å². The highest BCUT2D eigenvalue weighted by molar-refractivity contribution is 7.89. The number of halogens is 1. The second-order valence-corrected chi connectivity index (χ2v) is 5.13. The summed E-state index contributed by atoms with van der Waals surface area (Å²) >= 11 is 0. The summed E-state index contributed by atoms with van der Waals surface area (Å²) in [6.45, 7) is 3.04. The molecule has 0 fully saturated rings. The van der Waals surface area contributed by atoms with Gasteiger partial charge in [-0.1, -0.05) is 12.1 Å². The summed E-state index contributed by atoms with van der Waals surface area (Å²) in [6.07, 6.45) is 0. The minimum absolute atomic E-state index is 0.371. The minimum atomic E-state index is -3.65. The van der Waals surface area contributed by atoms with E-state index in [9.17, 15) is 12.8 Å². The van der Waals surface area contributed by atoms with Gasteiger partial charge < -0.3 is 0 Å². The number of rotatable bonds is 2. The Kier molecular flexibility index (Phi) is 2.92. The van der Waals surface area contributed by atoms with Crippen LogP contribution in [-0.4, -0.2) is 8.42 Å². The maximum atomic E-state index is 13.1. The zero-order valence-corrected chi connectivity index (χ0v) is 8.81. The molecule has 0 aliphatic carbocycles. The Morgan fingerprint density at radius 2 is 2.00 bits per heavy atom. The van der Waals surface area contributed by atoms with Crippen LogP contribution in [0.5, 0.6) is 0 Å². The van der Waals surface area contributed by atoms with Crippen molar-refractivity contribution < 1.29 is 12.8 Å². The minimum Gasteiger partial charge on any atom is -0.228 e. The highest BCUT2D eigenvalue weighted by Crippen LogP contribution is 2.21. The SMILES string of the molecule is Cc1ccc(C(C)S(N)(=O)=O)cc1F. The Morgan fingerprint density at radius 3 is 2.43 bits per heavy atom. The van der Waals surface area contributed by atoms with Crippen molar-refractivity contribution in [3.05, 3.63) is 35.1 Å². The van der Waals surface area contributed by atoms with Crippen molar-refractivity contribution in [3.63, 3.8) is 0 Å². The van der Waals surface area contributed by atoms with E-state index in [4.69, 9.17) is 5.14 Å². The van der Waals surface area contributed by atoms with Crippen LogP contribution in [0.25, 0.3) is 0 Å². The van der Waals surface area contributed by atoms with Crippen molar-refractivity contribution in [1.29, 1.82) is 0 Å². The fraction of sp³-hybridized carbons (Fsp3) is 0.333. The van der Waals surface area contributed by atoms with E-state index in [0.29, 0.717) is 11.1 Å². The molecular formula is C9H12FNO2S. The van der Waals surface area contributed by atoms with Crippen molar-refractivity contribution >= 4 is 10.0 Å². The molecule has 1 atom stereocenters. The van der Waals surface area contributed by atoms with Gasteiger partial charge >= 0.3 is 0 Å². The number of aryl methyl sites for hydroxylation is 1. The molecule has 1 unspecified atom stereocenters. The first-order chi connectivity index (χ1) is 6.32. The Morgan fingerprint density at radius 1 is 1.43 bits per heavy atom. The molecule has 14 heavy (non-hydrogen) atoms. The summed E-state index contributed by atoms with van der Waals surface area (Å²) in [5.74, 6) is -0.419. The number of benzene rings is 1. The third kappa shape index (κ3) is 2.30. The van der Waals surface area contributed by atoms with Crippen LogP contribution in [0.4, 0.5) is 4.39 Å². The lowest BCUT2D eigenvalue weighted by molar-refractivity contribution is 0.586. The fourth-order valence-electron chi connectivity index (χ4n) is 1.05. The molecule has 0 amide bonds. The molecule has 0 spiro atoms. The highest BCUT2D eigenvalue weighted by atomic mass is 32.2. The monoisotopic (exact) mass is 217 g/mol. The first-order valence-corrected chi connectivity index (χ1v) is 5.71. The van der Waals surface area contributed by atoms with Crippen LogP contribution in [0.15, 0.2) is 18.2 Å². The van der Waals surface area contributed by atoms with Gasteiger partial charge in [-0.25, -0.2) is 17.9 Å². The molecule has 1 aromatic rings. The van der Waals surface area contributed by atoms with Gasteiger partial charge in [-0.3, -0.25) is 0 Å². The lowest BCUT2D eigenvalue weighted by Crippen LogP contribution is -2.19. The van der Waals surface area contributed by atoms with E-state index in [-0.39, 0.29) is 0 Å². The van der Waals surface area contributed by atoms with Crippen LogP contribution in [-0.2, 0) is 10.0 Å². The summed E-state index contributed by atoms with van der Waals surface area (Å²) in [7, 11) is -3.65. The van der Waals surface area contributed by atoms with Gasteiger partial charge in [-0.05, 0) is 31.0 Å². The lowest BCUT2D eigenvalue weighted by atomic mass is 10.1. The number of nitrogens with two attached hydrogens (primary N) is 1. The Bertz CT molecular complexity index is 442. The second kappa shape index (κ2) is 3.67. The molecule has 0 aliphatic heterocycles. The van der Waals surface area contributed by atoms with Gasteiger partial charge in [-0.2, -0.15) is 0 Å². The molecule has 1 rings (SSSR count). The van der Waals surface area contributed by atoms with E-state index in [2.05, 4.69) is 0 Å². The number of sulfonamides is 1. The Hall–Kier alpha value is -0.940. The second-order valence-electron chi connectivity index (χ2n) is 3.24. The van der Waals surface area contributed by atoms with Gasteiger partial charge in [-0.15, -0.1) is 0 Å². The van der Waals surface area contributed by atoms with Crippen LogP contribution in [0.2, 0.25) is 0 Å². The van der Waals surface area contributed by atoms with Gasteiger partial charge in [0.15, 0.2) is 0 Å². The van der Waals surface area contributed by atoms with Crippen molar-refractivity contribution in [2.24, 2.45) is 5.14 Å². The number of primary sulfonamides is 1. The lowest BCUT2D eigenvalue weighted by Gasteiger charge is -2.09. The smallest absolute Gasteiger partial charge is 0.215 e. The first kappa shape index (κ1) is 11.1. The van der Waals surface area contributed by atoms with Crippen LogP contribution in [0, 0.1) is 12.7 Å². The van der Waals surface area contributed by atoms with E-state index >= 15 is 0 Å². The van der Waals surface area contributed by atoms with Crippen LogP contribution in [0.1, 0.15) is 23.3 Å². The average molecular weight is 217 g/mol. The molecule has 0 aliphatic rings. The molecule has 0 heterocycles. The van der Waals surface area contributed by atoms with Crippen LogP contribution < -0.4 is 5.14 Å². The molecule has 5 heteroatoms. The summed E-state index contributed by atoms with van der Waals surface area (Å²) in [5, 5.41) is 4.07. The topological polar surface area (TPSA) is 60.2 Å². The fourth-order valence-corrected chi connectivity index (χ4v) is 1.58. The van der Waals surface area contributed by atoms with Gasteiger partial charge in [0.2, 0.25) is 10.0 Å². The first-order valence-electron chi connectivity index (χ1n) is 4.10. The third-order valence-electron chi connectivity index (χ3n) is 2.16. The molecule has 0 radical (unpaired) electrons. The van der Waals surface area contributed by atoms with Gasteiger partial charge in [0.1, 0.15) is 5.82 Å². The average Bonchev–Trinajstić information content (AvgIpc) is 2.07. The van der Waals surface area contributed by atoms with E-state index in [0.717, 1.165) is 0 Å². The van der Waals surface area contributed by atoms with E-state index in [1.807, 2.05) is 0 Å². The largest absolute Gasteiger partial charge is 0.228 e. The van der Waals surface area contributed by atoms with Crippen LogP contribution in [0.3, 0.4) is 0 Å². The zero-order chi connectivity index (χ0) is 10.9. The molecule has 3 nitrogen and oxygen atoms in total. The molecule has 0 aromatic heterocycles. The Balaban J connectivity index is 3.16. The maximum Gasteiger partial charge on any atom is 0.215 e. The van der Waals surface area contributed by atoms with Gasteiger partial charge in [0.05, 0.1) is 5.25 Å². The highest BCUT2D eigenvalue weighted by Gasteiger charge is 2.18. The standard InChI is InChI=1S/C9H12FNO2S/c1-6-3-4-8(5-9(6)10)7(2)14(11,12)13/h3-5,7H,1-2H3,(H2,11,12,13). The third-order valence-corrected chi connectivity index (χ3v) is 3.42.